The maximum Gasteiger partial charge on any atom is 0.164 e. The van der Waals surface area contributed by atoms with E-state index in [9.17, 15) is 0 Å². The predicted octanol–water partition coefficient (Wildman–Crippen LogP) is 30.5. The zero-order chi connectivity index (χ0) is 83.9. The minimum Gasteiger partial charge on any atom is -0.256 e. The van der Waals surface area contributed by atoms with Crippen LogP contribution in [0.1, 0.15) is 0 Å². The second kappa shape index (κ2) is 34.7. The lowest BCUT2D eigenvalue weighted by atomic mass is 9.91. The molecule has 590 valence electrons. The zero-order valence-electron chi connectivity index (χ0n) is 68.6. The van der Waals surface area contributed by atoms with Gasteiger partial charge < -0.3 is 0 Å². The molecule has 0 atom stereocenters. The summed E-state index contributed by atoms with van der Waals surface area (Å²) >= 11 is 0. The summed E-state index contributed by atoms with van der Waals surface area (Å²) in [5, 5.41) is 14.2. The number of hydrogen-bond donors (Lipinski definition) is 0. The fourth-order valence-corrected chi connectivity index (χ4v) is 17.0. The van der Waals surface area contributed by atoms with Crippen LogP contribution in [-0.2, 0) is 0 Å². The fourth-order valence-electron chi connectivity index (χ4n) is 17.0. The van der Waals surface area contributed by atoms with E-state index in [4.69, 9.17) is 39.9 Å². The van der Waals surface area contributed by atoms with Gasteiger partial charge in [0.1, 0.15) is 0 Å². The molecular weight excluding hydrogens is 1530 g/mol. The molecule has 0 unspecified atom stereocenters. The lowest BCUT2D eigenvalue weighted by molar-refractivity contribution is 1.07. The first-order valence-corrected chi connectivity index (χ1v) is 42.4. The molecule has 0 bridgehead atoms. The van der Waals surface area contributed by atoms with Gasteiger partial charge in [-0.15, -0.1) is 0 Å². The molecule has 0 aliphatic rings. The number of hydrogen-bond acceptors (Lipinski definition) is 8. The van der Waals surface area contributed by atoms with Gasteiger partial charge in [-0.3, -0.25) is 15.0 Å². The Hall–Kier alpha value is -16.9. The SMILES string of the molecule is c1ccc(-c2cc(-c3ccccc3)cc(-c3ncc(-c4cccc5ccccc45)c4ccccc34)c2)cc1.c1ccc(-c2ccc(-c3cc(-c4ccccc4)nc(-c4ccc5ccccc5c4)n3)cc2)cc1.c1ccc2c(-c3ccc(-c4nc(-c5ccc(-c6nccc7ccccc67)cc5)nc(-c5ccc(-c6nccc7ccccc67)cc5)n4)cc3)cccc2c1. The summed E-state index contributed by atoms with van der Waals surface area (Å²) in [5.74, 6) is 2.55. The Balaban J connectivity index is 0.000000119. The first kappa shape index (κ1) is 76.5. The zero-order valence-corrected chi connectivity index (χ0v) is 68.6. The van der Waals surface area contributed by atoms with Crippen LogP contribution in [-0.4, -0.2) is 39.9 Å². The Morgan fingerprint density at radius 2 is 0.452 bits per heavy atom. The lowest BCUT2D eigenvalue weighted by Crippen LogP contribution is -2.00. The summed E-state index contributed by atoms with van der Waals surface area (Å²) in [4.78, 5) is 39.7. The van der Waals surface area contributed by atoms with Crippen LogP contribution >= 0.6 is 0 Å². The van der Waals surface area contributed by atoms with Gasteiger partial charge in [0.15, 0.2) is 23.3 Å². The standard InChI is InChI=1S/C49H31N5.C37H25N.C32H22N2/c1-4-12-41-32(8-1)11-7-15-42(41)35-16-22-38(23-17-35)47-52-48(39-24-18-36(19-25-39)45-43-13-5-2-9-33(43)28-30-50-45)54-49(53-47)40-26-20-37(21-27-40)46-44-14-6-3-10-34(44)29-31-51-46;1-3-12-26(13-4-1)29-22-30(27-14-5-2-6-15-27)24-31(23-29)37-35-20-10-9-19-34(35)36(25-38-37)33-21-11-17-28-16-7-8-18-32(28)33;1-3-9-23(10-4-1)25-15-18-27(19-16-25)31-22-30(26-12-5-2-6-13-26)33-32(34-31)29-20-17-24-11-7-8-14-28(24)21-29/h1-31H;1-25H;1-22H. The van der Waals surface area contributed by atoms with E-state index in [2.05, 4.69) is 425 Å². The maximum atomic E-state index is 5.13. The molecule has 0 spiro atoms. The third-order valence-electron chi connectivity index (χ3n) is 23.4. The molecule has 0 saturated carbocycles. The third-order valence-corrected chi connectivity index (χ3v) is 23.4. The number of fused-ring (bicyclic) bond motifs is 6. The van der Waals surface area contributed by atoms with Gasteiger partial charge >= 0.3 is 0 Å². The summed E-state index contributed by atoms with van der Waals surface area (Å²) in [7, 11) is 0. The molecule has 5 heterocycles. The summed E-state index contributed by atoms with van der Waals surface area (Å²) in [5.41, 5.74) is 25.6. The first-order chi connectivity index (χ1) is 62.4. The van der Waals surface area contributed by atoms with Gasteiger partial charge in [0.05, 0.1) is 28.5 Å². The summed E-state index contributed by atoms with van der Waals surface area (Å²) < 4.78 is 0. The van der Waals surface area contributed by atoms with Gasteiger partial charge in [0.2, 0.25) is 0 Å². The van der Waals surface area contributed by atoms with Crippen molar-refractivity contribution in [2.24, 2.45) is 0 Å². The smallest absolute Gasteiger partial charge is 0.164 e. The topological polar surface area (TPSA) is 103 Å². The van der Waals surface area contributed by atoms with Crippen molar-refractivity contribution in [3.63, 3.8) is 0 Å². The van der Waals surface area contributed by atoms with Gasteiger partial charge in [-0.05, 0) is 141 Å². The monoisotopic (exact) mass is 1610 g/mol. The van der Waals surface area contributed by atoms with E-state index in [1.54, 1.807) is 0 Å². The highest BCUT2D eigenvalue weighted by Crippen LogP contribution is 2.42. The van der Waals surface area contributed by atoms with Gasteiger partial charge in [-0.1, -0.05) is 413 Å². The molecule has 8 nitrogen and oxygen atoms in total. The van der Waals surface area contributed by atoms with E-state index < -0.39 is 0 Å². The Morgan fingerprint density at radius 3 is 0.952 bits per heavy atom. The Kier molecular flexibility index (Phi) is 21.0. The normalized spacial score (nSPS) is 11.2. The maximum absolute atomic E-state index is 5.13. The highest BCUT2D eigenvalue weighted by Gasteiger charge is 2.20. The van der Waals surface area contributed by atoms with Crippen molar-refractivity contribution in [2.75, 3.05) is 0 Å². The Morgan fingerprint density at radius 1 is 0.135 bits per heavy atom. The number of pyridine rings is 3. The van der Waals surface area contributed by atoms with E-state index in [-0.39, 0.29) is 0 Å². The number of nitrogens with zero attached hydrogens (tertiary/aromatic N) is 8. The van der Waals surface area contributed by atoms with Crippen molar-refractivity contribution < 1.29 is 0 Å². The van der Waals surface area contributed by atoms with Crippen LogP contribution < -0.4 is 0 Å². The first-order valence-electron chi connectivity index (χ1n) is 42.4. The van der Waals surface area contributed by atoms with Gasteiger partial charge in [-0.25, -0.2) is 24.9 Å². The lowest BCUT2D eigenvalue weighted by Gasteiger charge is -2.15. The summed E-state index contributed by atoms with van der Waals surface area (Å²) in [6.07, 6.45) is 5.78. The fraction of sp³-hybridized carbons (Fsp3) is 0. The van der Waals surface area contributed by atoms with Crippen LogP contribution in [0.2, 0.25) is 0 Å². The minimum absolute atomic E-state index is 0.602. The molecule has 0 saturated heterocycles. The van der Waals surface area contributed by atoms with Crippen molar-refractivity contribution in [2.45, 2.75) is 0 Å². The quantitative estimate of drug-likeness (QED) is 0.106. The second-order valence-electron chi connectivity index (χ2n) is 31.3. The van der Waals surface area contributed by atoms with Crippen molar-refractivity contribution in [1.29, 1.82) is 0 Å². The van der Waals surface area contributed by atoms with E-state index in [0.717, 1.165) is 122 Å². The Labute approximate surface area is 730 Å². The van der Waals surface area contributed by atoms with E-state index in [1.165, 1.54) is 82.2 Å². The van der Waals surface area contributed by atoms with E-state index in [0.29, 0.717) is 17.5 Å². The minimum atomic E-state index is 0.602. The van der Waals surface area contributed by atoms with Crippen LogP contribution in [0, 0.1) is 0 Å². The molecule has 126 heavy (non-hydrogen) atoms. The molecule has 23 rings (SSSR count). The second-order valence-corrected chi connectivity index (χ2v) is 31.3. The average molecular weight is 1610 g/mol. The molecule has 0 amide bonds. The van der Waals surface area contributed by atoms with Crippen molar-refractivity contribution in [3.05, 3.63) is 474 Å². The molecule has 18 aromatic carbocycles. The largest absolute Gasteiger partial charge is 0.256 e. The highest BCUT2D eigenvalue weighted by molar-refractivity contribution is 6.09. The van der Waals surface area contributed by atoms with Gasteiger partial charge in [-0.2, -0.15) is 0 Å². The average Bonchev–Trinajstić information content (AvgIpc) is 0.761. The van der Waals surface area contributed by atoms with Gasteiger partial charge in [0, 0.05) is 90.4 Å². The van der Waals surface area contributed by atoms with Crippen molar-refractivity contribution in [1.82, 2.24) is 39.9 Å². The predicted molar refractivity (Wildman–Crippen MR) is 523 cm³/mol. The molecule has 0 radical (unpaired) electrons. The molecule has 8 heteroatoms. The molecular formula is C118H78N8. The van der Waals surface area contributed by atoms with Crippen LogP contribution in [0.4, 0.5) is 0 Å². The summed E-state index contributed by atoms with van der Waals surface area (Å²) in [6, 6.07) is 159. The number of benzene rings is 18. The molecule has 0 aliphatic carbocycles. The Bertz CT molecular complexity index is 7490. The third kappa shape index (κ3) is 15.9. The molecule has 0 aliphatic heterocycles. The highest BCUT2D eigenvalue weighted by atomic mass is 15.0. The van der Waals surface area contributed by atoms with Crippen LogP contribution in [0.15, 0.2) is 474 Å². The molecule has 23 aromatic rings. The van der Waals surface area contributed by atoms with E-state index >= 15 is 0 Å². The van der Waals surface area contributed by atoms with Crippen LogP contribution in [0.3, 0.4) is 0 Å². The summed E-state index contributed by atoms with van der Waals surface area (Å²) in [6.45, 7) is 0. The van der Waals surface area contributed by atoms with Gasteiger partial charge in [0.25, 0.3) is 0 Å². The molecule has 0 N–H and O–H groups in total. The number of aromatic nitrogens is 8. The van der Waals surface area contributed by atoms with Crippen molar-refractivity contribution >= 4 is 64.6 Å². The van der Waals surface area contributed by atoms with Crippen LogP contribution in [0.25, 0.3) is 222 Å². The number of rotatable bonds is 14. The van der Waals surface area contributed by atoms with Crippen LogP contribution in [0.5, 0.6) is 0 Å². The molecule has 5 aromatic heterocycles. The molecule has 0 fully saturated rings. The van der Waals surface area contributed by atoms with E-state index in [1.807, 2.05) is 48.8 Å². The van der Waals surface area contributed by atoms with Crippen molar-refractivity contribution in [3.8, 4) is 157 Å².